The molecule has 3 aromatic rings. The second-order valence-electron chi connectivity index (χ2n) is 10.5. The summed E-state index contributed by atoms with van der Waals surface area (Å²) in [5.41, 5.74) is 5.66. The standard InChI is InChI=1S/C28H28ClN5O2/c1-18-22-6-5-19(29)9-24(22)27(2,3)34(18)21-10-20(11-31-12-21)32-14-28(15-32)16-33(17-28)26(35)23-13-30-8-7-25(23)36-4/h5-13H,1,14-17H2,2-4H3. The lowest BCUT2D eigenvalue weighted by atomic mass is 9.72. The molecular formula is C28H28ClN5O2. The maximum Gasteiger partial charge on any atom is 0.259 e. The van der Waals surface area contributed by atoms with Gasteiger partial charge in [-0.25, -0.2) is 0 Å². The molecule has 184 valence electrons. The quantitative estimate of drug-likeness (QED) is 0.510. The first-order valence-corrected chi connectivity index (χ1v) is 12.4. The lowest BCUT2D eigenvalue weighted by Crippen LogP contribution is -2.73. The van der Waals surface area contributed by atoms with E-state index in [4.69, 9.17) is 16.3 Å². The second kappa shape index (κ2) is 7.96. The van der Waals surface area contributed by atoms with Gasteiger partial charge < -0.3 is 19.4 Å². The minimum atomic E-state index is -0.296. The molecule has 3 aliphatic rings. The Morgan fingerprint density at radius 2 is 1.78 bits per heavy atom. The van der Waals surface area contributed by atoms with E-state index >= 15 is 0 Å². The highest BCUT2D eigenvalue weighted by Crippen LogP contribution is 2.49. The Labute approximate surface area is 216 Å². The second-order valence-corrected chi connectivity index (χ2v) is 11.0. The third-order valence-corrected chi connectivity index (χ3v) is 7.97. The van der Waals surface area contributed by atoms with Crippen LogP contribution < -0.4 is 14.5 Å². The zero-order chi connectivity index (χ0) is 25.2. The van der Waals surface area contributed by atoms with Gasteiger partial charge in [-0.05, 0) is 43.7 Å². The highest BCUT2D eigenvalue weighted by Gasteiger charge is 2.53. The van der Waals surface area contributed by atoms with Crippen LogP contribution in [-0.4, -0.2) is 54.1 Å². The van der Waals surface area contributed by atoms with E-state index in [0.29, 0.717) is 11.3 Å². The van der Waals surface area contributed by atoms with Crippen molar-refractivity contribution in [3.8, 4) is 5.75 Å². The smallest absolute Gasteiger partial charge is 0.259 e. The largest absolute Gasteiger partial charge is 0.496 e. The number of pyridine rings is 2. The number of rotatable bonds is 4. The number of fused-ring (bicyclic) bond motifs is 1. The van der Waals surface area contributed by atoms with Gasteiger partial charge in [0.25, 0.3) is 5.91 Å². The maximum atomic E-state index is 12.9. The Bertz CT molecular complexity index is 1390. The normalized spacial score (nSPS) is 19.1. The summed E-state index contributed by atoms with van der Waals surface area (Å²) in [7, 11) is 1.57. The lowest BCUT2D eigenvalue weighted by molar-refractivity contribution is -0.0107. The summed E-state index contributed by atoms with van der Waals surface area (Å²) < 4.78 is 5.33. The molecule has 0 N–H and O–H groups in total. The Morgan fingerprint density at radius 1 is 1.03 bits per heavy atom. The summed E-state index contributed by atoms with van der Waals surface area (Å²) in [5, 5.41) is 0.726. The SMILES string of the molecule is C=C1c2ccc(Cl)cc2C(C)(C)N1c1cncc(N2CC3(CN(C(=O)c4cnccc4OC)C3)C2)c1. The van der Waals surface area contributed by atoms with Crippen LogP contribution >= 0.6 is 11.6 Å². The monoisotopic (exact) mass is 501 g/mol. The van der Waals surface area contributed by atoms with Gasteiger partial charge in [0, 0.05) is 60.3 Å². The molecule has 2 aromatic heterocycles. The van der Waals surface area contributed by atoms with Gasteiger partial charge in [-0.1, -0.05) is 24.2 Å². The van der Waals surface area contributed by atoms with Crippen molar-refractivity contribution in [2.45, 2.75) is 19.4 Å². The van der Waals surface area contributed by atoms with Crippen LogP contribution in [-0.2, 0) is 5.54 Å². The molecule has 6 rings (SSSR count). The average Bonchev–Trinajstić information content (AvgIpc) is 3.01. The summed E-state index contributed by atoms with van der Waals surface area (Å²) in [6.07, 6.45) is 7.01. The zero-order valence-corrected chi connectivity index (χ0v) is 21.4. The van der Waals surface area contributed by atoms with Crippen LogP contribution in [0.1, 0.15) is 35.3 Å². The summed E-state index contributed by atoms with van der Waals surface area (Å²) in [5.74, 6) is 0.534. The molecule has 0 radical (unpaired) electrons. The Hall–Kier alpha value is -3.58. The number of benzene rings is 1. The number of likely N-dealkylation sites (tertiary alicyclic amines) is 1. The number of halogens is 1. The first-order chi connectivity index (χ1) is 17.2. The first-order valence-electron chi connectivity index (χ1n) is 12.0. The van der Waals surface area contributed by atoms with E-state index in [0.717, 1.165) is 59.4 Å². The van der Waals surface area contributed by atoms with Crippen molar-refractivity contribution in [3.05, 3.63) is 83.4 Å². The van der Waals surface area contributed by atoms with Crippen molar-refractivity contribution in [3.63, 3.8) is 0 Å². The predicted molar refractivity (Wildman–Crippen MR) is 142 cm³/mol. The third-order valence-electron chi connectivity index (χ3n) is 7.74. The molecule has 0 unspecified atom stereocenters. The molecular weight excluding hydrogens is 474 g/mol. The van der Waals surface area contributed by atoms with Crippen LogP contribution in [0.2, 0.25) is 5.02 Å². The average molecular weight is 502 g/mol. The van der Waals surface area contributed by atoms with E-state index in [1.807, 2.05) is 35.5 Å². The molecule has 0 saturated carbocycles. The van der Waals surface area contributed by atoms with E-state index in [9.17, 15) is 4.79 Å². The molecule has 0 atom stereocenters. The summed E-state index contributed by atoms with van der Waals surface area (Å²) in [6, 6.07) is 9.89. The molecule has 1 spiro atoms. The maximum absolute atomic E-state index is 12.9. The Kier molecular flexibility index (Phi) is 5.06. The van der Waals surface area contributed by atoms with Gasteiger partial charge in [0.1, 0.15) is 5.75 Å². The van der Waals surface area contributed by atoms with Crippen molar-refractivity contribution in [1.82, 2.24) is 14.9 Å². The van der Waals surface area contributed by atoms with Crippen LogP contribution in [0.25, 0.3) is 5.70 Å². The molecule has 3 aliphatic heterocycles. The first kappa shape index (κ1) is 22.9. The third kappa shape index (κ3) is 3.37. The minimum absolute atomic E-state index is 0.0258. The Morgan fingerprint density at radius 3 is 2.53 bits per heavy atom. The van der Waals surface area contributed by atoms with Gasteiger partial charge in [0.15, 0.2) is 0 Å². The van der Waals surface area contributed by atoms with Crippen molar-refractivity contribution in [2.24, 2.45) is 5.41 Å². The van der Waals surface area contributed by atoms with Gasteiger partial charge >= 0.3 is 0 Å². The number of methoxy groups -OCH3 is 1. The lowest BCUT2D eigenvalue weighted by Gasteiger charge is -2.60. The number of hydrogen-bond acceptors (Lipinski definition) is 6. The minimum Gasteiger partial charge on any atom is -0.496 e. The molecule has 2 fully saturated rings. The number of ether oxygens (including phenoxy) is 1. The molecule has 1 amide bonds. The van der Waals surface area contributed by atoms with Gasteiger partial charge in [-0.15, -0.1) is 0 Å². The molecule has 8 heteroatoms. The number of carbonyl (C=O) groups is 1. The van der Waals surface area contributed by atoms with Gasteiger partial charge in [0.05, 0.1) is 42.0 Å². The van der Waals surface area contributed by atoms with E-state index in [2.05, 4.69) is 46.3 Å². The van der Waals surface area contributed by atoms with Crippen LogP contribution in [0.4, 0.5) is 11.4 Å². The van der Waals surface area contributed by atoms with Crippen molar-refractivity contribution >= 4 is 34.6 Å². The van der Waals surface area contributed by atoms with Crippen LogP contribution in [0.5, 0.6) is 5.75 Å². The van der Waals surface area contributed by atoms with Gasteiger partial charge in [-0.3, -0.25) is 14.8 Å². The number of nitrogens with zero attached hydrogens (tertiary/aromatic N) is 5. The fourth-order valence-electron chi connectivity index (χ4n) is 5.99. The fraction of sp³-hybridized carbons (Fsp3) is 0.321. The number of hydrogen-bond donors (Lipinski definition) is 0. The van der Waals surface area contributed by atoms with Crippen LogP contribution in [0, 0.1) is 5.41 Å². The predicted octanol–water partition coefficient (Wildman–Crippen LogP) is 4.83. The Balaban J connectivity index is 1.15. The van der Waals surface area contributed by atoms with Crippen LogP contribution in [0.15, 0.2) is 61.7 Å². The molecule has 36 heavy (non-hydrogen) atoms. The highest BCUT2D eigenvalue weighted by molar-refractivity contribution is 6.30. The highest BCUT2D eigenvalue weighted by atomic mass is 35.5. The van der Waals surface area contributed by atoms with E-state index < -0.39 is 0 Å². The summed E-state index contributed by atoms with van der Waals surface area (Å²) in [4.78, 5) is 28.1. The van der Waals surface area contributed by atoms with Gasteiger partial charge in [0.2, 0.25) is 0 Å². The molecule has 5 heterocycles. The number of anilines is 2. The summed E-state index contributed by atoms with van der Waals surface area (Å²) in [6.45, 7) is 12.0. The molecule has 0 bridgehead atoms. The fourth-order valence-corrected chi connectivity index (χ4v) is 6.16. The number of amides is 1. The molecule has 1 aromatic carbocycles. The van der Waals surface area contributed by atoms with Crippen molar-refractivity contribution in [2.75, 3.05) is 43.1 Å². The van der Waals surface area contributed by atoms with Crippen molar-refractivity contribution in [1.29, 1.82) is 0 Å². The van der Waals surface area contributed by atoms with E-state index in [1.54, 1.807) is 25.6 Å². The number of aromatic nitrogens is 2. The molecule has 2 saturated heterocycles. The van der Waals surface area contributed by atoms with E-state index in [-0.39, 0.29) is 16.9 Å². The van der Waals surface area contributed by atoms with E-state index in [1.165, 1.54) is 0 Å². The zero-order valence-electron chi connectivity index (χ0n) is 20.7. The van der Waals surface area contributed by atoms with Crippen molar-refractivity contribution < 1.29 is 9.53 Å². The number of carbonyl (C=O) groups excluding carboxylic acids is 1. The molecule has 0 aliphatic carbocycles. The summed E-state index contributed by atoms with van der Waals surface area (Å²) >= 11 is 6.31. The van der Waals surface area contributed by atoms with Crippen LogP contribution in [0.3, 0.4) is 0 Å². The molecule has 7 nitrogen and oxygen atoms in total. The topological polar surface area (TPSA) is 61.8 Å². The van der Waals surface area contributed by atoms with Gasteiger partial charge in [-0.2, -0.15) is 0 Å².